The maximum Gasteiger partial charge on any atom is 0.227 e. The lowest BCUT2D eigenvalue weighted by atomic mass is 9.91. The molecule has 43 heavy (non-hydrogen) atoms. The Morgan fingerprint density at radius 1 is 1.14 bits per heavy atom. The van der Waals surface area contributed by atoms with E-state index in [9.17, 15) is 10.1 Å². The summed E-state index contributed by atoms with van der Waals surface area (Å²) < 4.78 is 3.90. The number of benzene rings is 1. The van der Waals surface area contributed by atoms with E-state index in [4.69, 9.17) is 10.1 Å². The van der Waals surface area contributed by atoms with E-state index in [2.05, 4.69) is 26.8 Å². The van der Waals surface area contributed by atoms with Crippen molar-refractivity contribution in [2.75, 3.05) is 18.4 Å². The number of nitrogens with zero attached hydrogens (tertiary/aromatic N) is 8. The minimum atomic E-state index is 0.128. The lowest BCUT2D eigenvalue weighted by Gasteiger charge is -2.31. The van der Waals surface area contributed by atoms with Crippen LogP contribution < -0.4 is 10.6 Å². The molecule has 0 unspecified atom stereocenters. The minimum absolute atomic E-state index is 0.128. The Morgan fingerprint density at radius 3 is 2.60 bits per heavy atom. The highest BCUT2D eigenvalue weighted by atomic mass is 16.2. The molecule has 1 aliphatic heterocycles. The molecule has 4 aromatic rings. The molecule has 0 radical (unpaired) electrons. The highest BCUT2D eigenvalue weighted by Crippen LogP contribution is 2.40. The molecule has 1 saturated heterocycles. The van der Waals surface area contributed by atoms with Crippen molar-refractivity contribution in [3.63, 3.8) is 0 Å². The molecule has 3 aromatic heterocycles. The number of aryl methyl sites for hydroxylation is 3. The molecule has 2 aliphatic rings. The van der Waals surface area contributed by atoms with Crippen molar-refractivity contribution >= 4 is 23.1 Å². The Bertz CT molecular complexity index is 1720. The van der Waals surface area contributed by atoms with E-state index >= 15 is 0 Å². The summed E-state index contributed by atoms with van der Waals surface area (Å²) in [6.45, 7) is 7.20. The van der Waals surface area contributed by atoms with Crippen LogP contribution in [0.5, 0.6) is 0 Å². The highest BCUT2D eigenvalue weighted by molar-refractivity contribution is 5.85. The number of nitriles is 1. The lowest BCUT2D eigenvalue weighted by Crippen LogP contribution is -2.37. The fourth-order valence-electron chi connectivity index (χ4n) is 5.87. The number of anilines is 2. The molecule has 1 fully saturated rings. The molecular weight excluding hydrogens is 540 g/mol. The average molecular weight is 577 g/mol. The Kier molecular flexibility index (Phi) is 7.67. The standard InChI is InChI=1S/C32H36N10O/c1-20(2)34-17-25(15-33)22-5-7-23(8-6-22)31-29-28(39-40(31)4)10-9-24-16-35-32(38-30(24)29)37-26-18-36-42(19-26)27-11-13-41(14-12-27)21(3)43/h5-8,16-20,27,34H,9-14H2,1-4H3,(H,35,37,38). The summed E-state index contributed by atoms with van der Waals surface area (Å²) >= 11 is 0. The summed E-state index contributed by atoms with van der Waals surface area (Å²) in [5.41, 5.74) is 8.27. The average Bonchev–Trinajstić information content (AvgIpc) is 3.61. The second-order valence-electron chi connectivity index (χ2n) is 11.5. The number of fused-ring (bicyclic) bond motifs is 3. The topological polar surface area (TPSA) is 130 Å². The van der Waals surface area contributed by atoms with E-state index in [1.54, 1.807) is 19.3 Å². The first kappa shape index (κ1) is 28.2. The largest absolute Gasteiger partial charge is 0.388 e. The number of carbonyl (C=O) groups excluding carboxylic acids is 1. The highest BCUT2D eigenvalue weighted by Gasteiger charge is 2.27. The first-order chi connectivity index (χ1) is 20.8. The number of aromatic nitrogens is 6. The molecule has 1 amide bonds. The van der Waals surface area contributed by atoms with Gasteiger partial charge >= 0.3 is 0 Å². The smallest absolute Gasteiger partial charge is 0.227 e. The SMILES string of the molecule is CC(=O)N1CCC(n2cc(Nc3ncc4c(n3)-c3c(nn(C)c3-c3ccc(C(C#N)=CNC(C)C)cc3)CC4)cn2)CC1. The molecule has 11 nitrogen and oxygen atoms in total. The number of hydrogen-bond acceptors (Lipinski definition) is 8. The van der Waals surface area contributed by atoms with Crippen molar-refractivity contribution in [3.8, 4) is 28.6 Å². The van der Waals surface area contributed by atoms with Gasteiger partial charge in [0, 0.05) is 62.8 Å². The van der Waals surface area contributed by atoms with Gasteiger partial charge in [0.25, 0.3) is 0 Å². The molecular formula is C32H36N10O. The van der Waals surface area contributed by atoms with Gasteiger partial charge in [-0.2, -0.15) is 15.5 Å². The molecule has 220 valence electrons. The maximum atomic E-state index is 11.7. The molecule has 1 aromatic carbocycles. The number of nitrogens with one attached hydrogen (secondary N) is 2. The number of allylic oxidation sites excluding steroid dienone is 1. The molecule has 2 N–H and O–H groups in total. The second kappa shape index (κ2) is 11.7. The zero-order chi connectivity index (χ0) is 30.1. The zero-order valence-corrected chi connectivity index (χ0v) is 25.0. The molecule has 1 aliphatic carbocycles. The van der Waals surface area contributed by atoms with Crippen molar-refractivity contribution in [2.45, 2.75) is 58.5 Å². The third-order valence-corrected chi connectivity index (χ3v) is 8.14. The van der Waals surface area contributed by atoms with Gasteiger partial charge in [-0.3, -0.25) is 14.2 Å². The van der Waals surface area contributed by atoms with Gasteiger partial charge in [0.15, 0.2) is 0 Å². The normalized spacial score (nSPS) is 15.2. The summed E-state index contributed by atoms with van der Waals surface area (Å²) in [7, 11) is 1.96. The summed E-state index contributed by atoms with van der Waals surface area (Å²) in [5.74, 6) is 0.631. The van der Waals surface area contributed by atoms with Gasteiger partial charge in [-0.1, -0.05) is 24.3 Å². The fraction of sp³-hybridized carbons (Fsp3) is 0.375. The minimum Gasteiger partial charge on any atom is -0.388 e. The Balaban J connectivity index is 1.25. The predicted octanol–water partition coefficient (Wildman–Crippen LogP) is 4.63. The quantitative estimate of drug-likeness (QED) is 0.305. The number of piperidine rings is 1. The molecule has 0 spiro atoms. The van der Waals surface area contributed by atoms with E-state index < -0.39 is 0 Å². The fourth-order valence-corrected chi connectivity index (χ4v) is 5.87. The van der Waals surface area contributed by atoms with Gasteiger partial charge in [0.1, 0.15) is 6.07 Å². The Hall–Kier alpha value is -4.98. The van der Waals surface area contributed by atoms with Gasteiger partial charge < -0.3 is 15.5 Å². The van der Waals surface area contributed by atoms with Crippen LogP contribution >= 0.6 is 0 Å². The molecule has 0 bridgehead atoms. The molecule has 11 heteroatoms. The van der Waals surface area contributed by atoms with Crippen LogP contribution in [0.1, 0.15) is 56.5 Å². The van der Waals surface area contributed by atoms with E-state index in [1.807, 2.05) is 71.8 Å². The monoisotopic (exact) mass is 576 g/mol. The summed E-state index contributed by atoms with van der Waals surface area (Å²) in [6, 6.07) is 10.8. The van der Waals surface area contributed by atoms with Gasteiger partial charge in [-0.05, 0) is 50.7 Å². The Labute approximate surface area is 251 Å². The molecule has 4 heterocycles. The third kappa shape index (κ3) is 5.73. The van der Waals surface area contributed by atoms with E-state index in [0.717, 1.165) is 83.8 Å². The number of rotatable bonds is 7. The van der Waals surface area contributed by atoms with Crippen molar-refractivity contribution < 1.29 is 4.79 Å². The second-order valence-corrected chi connectivity index (χ2v) is 11.5. The molecule has 0 atom stereocenters. The van der Waals surface area contributed by atoms with Gasteiger partial charge in [0.05, 0.1) is 40.6 Å². The van der Waals surface area contributed by atoms with E-state index in [-0.39, 0.29) is 18.0 Å². The van der Waals surface area contributed by atoms with Crippen LogP contribution in [0.15, 0.2) is 49.1 Å². The van der Waals surface area contributed by atoms with Crippen molar-refractivity contribution in [1.29, 1.82) is 5.26 Å². The third-order valence-electron chi connectivity index (χ3n) is 8.14. The van der Waals surface area contributed by atoms with E-state index in [0.29, 0.717) is 11.5 Å². The van der Waals surface area contributed by atoms with E-state index in [1.165, 1.54) is 0 Å². The summed E-state index contributed by atoms with van der Waals surface area (Å²) in [6.07, 6.45) is 10.9. The summed E-state index contributed by atoms with van der Waals surface area (Å²) in [5, 5.41) is 25.7. The van der Waals surface area contributed by atoms with Crippen molar-refractivity contribution in [1.82, 2.24) is 39.7 Å². The van der Waals surface area contributed by atoms with Crippen LogP contribution in [0.4, 0.5) is 11.6 Å². The first-order valence-electron chi connectivity index (χ1n) is 14.8. The van der Waals surface area contributed by atoms with Crippen LogP contribution in [-0.4, -0.2) is 59.5 Å². The number of amides is 1. The van der Waals surface area contributed by atoms with Crippen LogP contribution in [0.25, 0.3) is 28.1 Å². The molecule has 6 rings (SSSR count). The lowest BCUT2D eigenvalue weighted by molar-refractivity contribution is -0.130. The van der Waals surface area contributed by atoms with Crippen LogP contribution in [0, 0.1) is 11.3 Å². The number of likely N-dealkylation sites (tertiary alicyclic amines) is 1. The zero-order valence-electron chi connectivity index (χ0n) is 25.0. The number of carbonyl (C=O) groups is 1. The molecule has 0 saturated carbocycles. The first-order valence-corrected chi connectivity index (χ1v) is 14.8. The van der Waals surface area contributed by atoms with Crippen molar-refractivity contribution in [3.05, 3.63) is 65.9 Å². The maximum absolute atomic E-state index is 11.7. The van der Waals surface area contributed by atoms with Gasteiger partial charge in [-0.25, -0.2) is 9.97 Å². The van der Waals surface area contributed by atoms with Crippen molar-refractivity contribution in [2.24, 2.45) is 7.05 Å². The Morgan fingerprint density at radius 2 is 1.91 bits per heavy atom. The van der Waals surface area contributed by atoms with Crippen LogP contribution in [-0.2, 0) is 24.7 Å². The van der Waals surface area contributed by atoms with Gasteiger partial charge in [-0.15, -0.1) is 0 Å². The van der Waals surface area contributed by atoms with Crippen LogP contribution in [0.3, 0.4) is 0 Å². The number of hydrogen-bond donors (Lipinski definition) is 2. The van der Waals surface area contributed by atoms with Crippen LogP contribution in [0.2, 0.25) is 0 Å². The summed E-state index contributed by atoms with van der Waals surface area (Å²) in [4.78, 5) is 23.2. The predicted molar refractivity (Wildman–Crippen MR) is 165 cm³/mol. The van der Waals surface area contributed by atoms with Gasteiger partial charge in [0.2, 0.25) is 11.9 Å².